The first-order chi connectivity index (χ1) is 12.6. The number of hydrogen-bond donors (Lipinski definition) is 0. The normalized spacial score (nSPS) is 15.7. The van der Waals surface area contributed by atoms with Gasteiger partial charge in [-0.3, -0.25) is 0 Å². The molecule has 4 nitrogen and oxygen atoms in total. The highest BCUT2D eigenvalue weighted by Gasteiger charge is 2.27. The van der Waals surface area contributed by atoms with E-state index >= 15 is 0 Å². The van der Waals surface area contributed by atoms with Crippen LogP contribution in [0.25, 0.3) is 11.0 Å². The van der Waals surface area contributed by atoms with Gasteiger partial charge in [0.1, 0.15) is 17.1 Å². The van der Waals surface area contributed by atoms with E-state index in [1.807, 2.05) is 17.9 Å². The molecule has 0 fully saturated rings. The highest BCUT2D eigenvalue weighted by atomic mass is 19.1. The summed E-state index contributed by atoms with van der Waals surface area (Å²) in [5, 5.41) is 0.993. The number of aryl methyl sites for hydroxylation is 2. The lowest BCUT2D eigenvalue weighted by Crippen LogP contribution is -2.33. The standard InChI is InChI=1S/C21H18FNO3/c1-12-19-13(10-23(11-25-19)18-8-3-2-7-17(18)22)9-16-14-5-4-6-15(14)21(24)26-20(12)16/h2-3,7-9H,4-6,10-11H2,1H3. The molecule has 3 aromatic rings. The Bertz CT molecular complexity index is 1100. The van der Waals surface area contributed by atoms with Gasteiger partial charge >= 0.3 is 5.63 Å². The molecule has 0 spiro atoms. The van der Waals surface area contributed by atoms with Crippen molar-refractivity contribution in [3.05, 3.63) is 68.8 Å². The van der Waals surface area contributed by atoms with Gasteiger partial charge in [0.05, 0.1) is 5.69 Å². The second kappa shape index (κ2) is 5.59. The number of ether oxygens (including phenoxy) is 1. The van der Waals surface area contributed by atoms with Crippen LogP contribution in [0.5, 0.6) is 5.75 Å². The van der Waals surface area contributed by atoms with Gasteiger partial charge in [-0.2, -0.15) is 0 Å². The Balaban J connectivity index is 1.67. The molecule has 0 saturated carbocycles. The quantitative estimate of drug-likeness (QED) is 0.620. The second-order valence-electron chi connectivity index (χ2n) is 6.99. The van der Waals surface area contributed by atoms with Gasteiger partial charge in [-0.25, -0.2) is 9.18 Å². The van der Waals surface area contributed by atoms with E-state index < -0.39 is 0 Å². The Labute approximate surface area is 149 Å². The van der Waals surface area contributed by atoms with Crippen molar-refractivity contribution < 1.29 is 13.5 Å². The van der Waals surface area contributed by atoms with Crippen molar-refractivity contribution in [3.8, 4) is 5.75 Å². The predicted molar refractivity (Wildman–Crippen MR) is 97.3 cm³/mol. The van der Waals surface area contributed by atoms with Crippen molar-refractivity contribution in [2.75, 3.05) is 11.6 Å². The first-order valence-corrected chi connectivity index (χ1v) is 8.87. The Morgan fingerprint density at radius 1 is 1.15 bits per heavy atom. The lowest BCUT2D eigenvalue weighted by atomic mass is 9.99. The van der Waals surface area contributed by atoms with Crippen molar-refractivity contribution in [1.82, 2.24) is 0 Å². The number of benzene rings is 2. The monoisotopic (exact) mass is 351 g/mol. The van der Waals surface area contributed by atoms with Crippen molar-refractivity contribution in [3.63, 3.8) is 0 Å². The molecule has 0 unspecified atom stereocenters. The summed E-state index contributed by atoms with van der Waals surface area (Å²) < 4.78 is 25.7. The maximum Gasteiger partial charge on any atom is 0.339 e. The molecule has 1 aliphatic carbocycles. The number of anilines is 1. The van der Waals surface area contributed by atoms with E-state index in [1.165, 1.54) is 6.07 Å². The number of halogens is 1. The number of para-hydroxylation sites is 1. The van der Waals surface area contributed by atoms with Gasteiger partial charge in [-0.15, -0.1) is 0 Å². The van der Waals surface area contributed by atoms with Gasteiger partial charge in [-0.05, 0) is 49.9 Å². The zero-order valence-corrected chi connectivity index (χ0v) is 14.5. The molecule has 5 heteroatoms. The summed E-state index contributed by atoms with van der Waals surface area (Å²) in [6, 6.07) is 8.77. The van der Waals surface area contributed by atoms with Crippen LogP contribution in [0.2, 0.25) is 0 Å². The van der Waals surface area contributed by atoms with E-state index in [0.29, 0.717) is 17.8 Å². The molecular formula is C21H18FNO3. The molecule has 0 atom stereocenters. The molecule has 0 amide bonds. The van der Waals surface area contributed by atoms with Crippen LogP contribution in [0.15, 0.2) is 39.5 Å². The zero-order chi connectivity index (χ0) is 17.8. The summed E-state index contributed by atoms with van der Waals surface area (Å²) in [5.74, 6) is 0.482. The highest BCUT2D eigenvalue weighted by molar-refractivity contribution is 5.87. The molecule has 1 aliphatic heterocycles. The fraction of sp³-hybridized carbons (Fsp3) is 0.286. The van der Waals surface area contributed by atoms with Crippen LogP contribution in [-0.2, 0) is 19.4 Å². The van der Waals surface area contributed by atoms with E-state index in [0.717, 1.165) is 52.7 Å². The average molecular weight is 351 g/mol. The molecular weight excluding hydrogens is 333 g/mol. The van der Waals surface area contributed by atoms with Crippen LogP contribution in [-0.4, -0.2) is 6.73 Å². The molecule has 2 aromatic carbocycles. The van der Waals surface area contributed by atoms with Gasteiger partial charge in [0.25, 0.3) is 0 Å². The van der Waals surface area contributed by atoms with Crippen LogP contribution in [0.1, 0.15) is 28.7 Å². The third-order valence-corrected chi connectivity index (χ3v) is 5.44. The van der Waals surface area contributed by atoms with Crippen molar-refractivity contribution in [2.24, 2.45) is 0 Å². The third-order valence-electron chi connectivity index (χ3n) is 5.44. The van der Waals surface area contributed by atoms with Crippen LogP contribution in [0.3, 0.4) is 0 Å². The van der Waals surface area contributed by atoms with Gasteiger partial charge < -0.3 is 14.1 Å². The first kappa shape index (κ1) is 15.4. The van der Waals surface area contributed by atoms with E-state index in [4.69, 9.17) is 9.15 Å². The minimum absolute atomic E-state index is 0.225. The minimum Gasteiger partial charge on any atom is -0.472 e. The van der Waals surface area contributed by atoms with Crippen LogP contribution < -0.4 is 15.3 Å². The fourth-order valence-electron chi connectivity index (χ4n) is 4.20. The van der Waals surface area contributed by atoms with Gasteiger partial charge in [-0.1, -0.05) is 12.1 Å². The summed E-state index contributed by atoms with van der Waals surface area (Å²) in [5.41, 5.74) is 4.67. The van der Waals surface area contributed by atoms with Crippen LogP contribution >= 0.6 is 0 Å². The first-order valence-electron chi connectivity index (χ1n) is 8.87. The Hall–Kier alpha value is -2.82. The maximum atomic E-state index is 14.2. The molecule has 0 saturated heterocycles. The smallest absolute Gasteiger partial charge is 0.339 e. The lowest BCUT2D eigenvalue weighted by Gasteiger charge is -2.32. The average Bonchev–Trinajstić information content (AvgIpc) is 3.14. The topological polar surface area (TPSA) is 42.7 Å². The van der Waals surface area contributed by atoms with Gasteiger partial charge in [0, 0.05) is 28.6 Å². The molecule has 2 heterocycles. The van der Waals surface area contributed by atoms with E-state index in [2.05, 4.69) is 6.07 Å². The second-order valence-corrected chi connectivity index (χ2v) is 6.99. The SMILES string of the molecule is Cc1c2c(cc3c4c(c(=O)oc13)CCC4)CN(c1ccccc1F)CO2. The van der Waals surface area contributed by atoms with E-state index in [9.17, 15) is 9.18 Å². The van der Waals surface area contributed by atoms with Crippen molar-refractivity contribution in [1.29, 1.82) is 0 Å². The molecule has 132 valence electrons. The fourth-order valence-corrected chi connectivity index (χ4v) is 4.20. The molecule has 26 heavy (non-hydrogen) atoms. The number of hydrogen-bond acceptors (Lipinski definition) is 4. The number of nitrogens with zero attached hydrogens (tertiary/aromatic N) is 1. The molecule has 0 N–H and O–H groups in total. The largest absolute Gasteiger partial charge is 0.472 e. The summed E-state index contributed by atoms with van der Waals surface area (Å²) in [6.07, 6.45) is 2.66. The molecule has 5 rings (SSSR count). The minimum atomic E-state index is -0.260. The Kier molecular flexibility index (Phi) is 3.32. The lowest BCUT2D eigenvalue weighted by molar-refractivity contribution is 0.286. The molecule has 0 radical (unpaired) electrons. The molecule has 1 aromatic heterocycles. The van der Waals surface area contributed by atoms with Gasteiger partial charge in [0.15, 0.2) is 6.73 Å². The molecule has 0 bridgehead atoms. The maximum absolute atomic E-state index is 14.2. The van der Waals surface area contributed by atoms with Crippen molar-refractivity contribution >= 4 is 16.7 Å². The third kappa shape index (κ3) is 2.16. The highest BCUT2D eigenvalue weighted by Crippen LogP contribution is 2.39. The predicted octanol–water partition coefficient (Wildman–Crippen LogP) is 4.09. The van der Waals surface area contributed by atoms with Gasteiger partial charge in [0.2, 0.25) is 0 Å². The van der Waals surface area contributed by atoms with E-state index in [-0.39, 0.29) is 18.2 Å². The number of rotatable bonds is 1. The van der Waals surface area contributed by atoms with Crippen molar-refractivity contribution in [2.45, 2.75) is 32.7 Å². The Morgan fingerprint density at radius 2 is 1.96 bits per heavy atom. The number of fused-ring (bicyclic) bond motifs is 4. The van der Waals surface area contributed by atoms with Crippen LogP contribution in [0, 0.1) is 12.7 Å². The summed E-state index contributed by atoms with van der Waals surface area (Å²) >= 11 is 0. The Morgan fingerprint density at radius 3 is 2.81 bits per heavy atom. The van der Waals surface area contributed by atoms with Crippen LogP contribution in [0.4, 0.5) is 10.1 Å². The molecule has 2 aliphatic rings. The van der Waals surface area contributed by atoms with E-state index in [1.54, 1.807) is 12.1 Å². The summed E-state index contributed by atoms with van der Waals surface area (Å²) in [6.45, 7) is 2.74. The summed E-state index contributed by atoms with van der Waals surface area (Å²) in [7, 11) is 0. The zero-order valence-electron chi connectivity index (χ0n) is 14.5. The summed E-state index contributed by atoms with van der Waals surface area (Å²) in [4.78, 5) is 14.1.